The second kappa shape index (κ2) is 3.36. The van der Waals surface area contributed by atoms with Gasteiger partial charge >= 0.3 is 0 Å². The van der Waals surface area contributed by atoms with Crippen LogP contribution in [0.4, 0.5) is 0 Å². The molecule has 0 aromatic heterocycles. The largest absolute Gasteiger partial charge is 0.310 e. The van der Waals surface area contributed by atoms with Gasteiger partial charge in [-0.2, -0.15) is 0 Å². The zero-order chi connectivity index (χ0) is 8.55. The number of rotatable bonds is 1. The van der Waals surface area contributed by atoms with Gasteiger partial charge in [0.2, 0.25) is 0 Å². The number of halogens is 2. The van der Waals surface area contributed by atoms with Crippen LogP contribution >= 0.6 is 27.5 Å². The summed E-state index contributed by atoms with van der Waals surface area (Å²) < 4.78 is 0.965. The van der Waals surface area contributed by atoms with Crippen LogP contribution in [0, 0.1) is 0 Å². The third-order valence-electron chi connectivity index (χ3n) is 2.17. The molecule has 1 heterocycles. The van der Waals surface area contributed by atoms with E-state index in [-0.39, 0.29) is 0 Å². The average Bonchev–Trinajstić information content (AvgIpc) is 1.93. The molecule has 0 radical (unpaired) electrons. The molecule has 1 aromatic carbocycles. The van der Waals surface area contributed by atoms with Crippen LogP contribution in [-0.4, -0.2) is 6.54 Å². The minimum atomic E-state index is 0.524. The molecule has 1 N–H and O–H groups in total. The van der Waals surface area contributed by atoms with Crippen LogP contribution < -0.4 is 5.32 Å². The van der Waals surface area contributed by atoms with Crippen molar-refractivity contribution < 1.29 is 0 Å². The number of nitrogens with one attached hydrogen (secondary N) is 1. The molecular formula is C9H9BrClN. The van der Waals surface area contributed by atoms with Gasteiger partial charge in [0.05, 0.1) is 5.02 Å². The van der Waals surface area contributed by atoms with Crippen molar-refractivity contribution in [3.05, 3.63) is 33.3 Å². The predicted molar refractivity (Wildman–Crippen MR) is 54.5 cm³/mol. The van der Waals surface area contributed by atoms with E-state index in [1.807, 2.05) is 12.1 Å². The summed E-state index contributed by atoms with van der Waals surface area (Å²) in [6.45, 7) is 1.12. The van der Waals surface area contributed by atoms with E-state index in [0.29, 0.717) is 6.04 Å². The normalized spacial score (nSPS) is 22.0. The van der Waals surface area contributed by atoms with E-state index in [9.17, 15) is 0 Å². The monoisotopic (exact) mass is 245 g/mol. The van der Waals surface area contributed by atoms with Crippen LogP contribution in [0.15, 0.2) is 22.7 Å². The van der Waals surface area contributed by atoms with E-state index < -0.39 is 0 Å². The second-order valence-electron chi connectivity index (χ2n) is 2.97. The van der Waals surface area contributed by atoms with Crippen molar-refractivity contribution >= 4 is 27.5 Å². The highest BCUT2D eigenvalue weighted by Gasteiger charge is 2.18. The van der Waals surface area contributed by atoms with Crippen LogP contribution in [0.2, 0.25) is 5.02 Å². The van der Waals surface area contributed by atoms with Crippen LogP contribution in [-0.2, 0) is 0 Å². The van der Waals surface area contributed by atoms with E-state index in [0.717, 1.165) is 16.0 Å². The lowest BCUT2D eigenvalue weighted by Gasteiger charge is -2.28. The zero-order valence-electron chi connectivity index (χ0n) is 6.48. The third kappa shape index (κ3) is 1.51. The summed E-state index contributed by atoms with van der Waals surface area (Å²) in [7, 11) is 0. The van der Waals surface area contributed by atoms with Gasteiger partial charge in [0, 0.05) is 10.5 Å². The average molecular weight is 247 g/mol. The Morgan fingerprint density at radius 2 is 2.25 bits per heavy atom. The fourth-order valence-electron chi connectivity index (χ4n) is 1.30. The Morgan fingerprint density at radius 3 is 2.75 bits per heavy atom. The van der Waals surface area contributed by atoms with Gasteiger partial charge in [0.15, 0.2) is 0 Å². The summed E-state index contributed by atoms with van der Waals surface area (Å²) in [5.41, 5.74) is 1.29. The first kappa shape index (κ1) is 8.54. The van der Waals surface area contributed by atoms with Gasteiger partial charge in [-0.05, 0) is 46.6 Å². The third-order valence-corrected chi connectivity index (χ3v) is 3.40. The zero-order valence-corrected chi connectivity index (χ0v) is 8.82. The molecule has 1 aliphatic heterocycles. The Bertz CT molecular complexity index is 297. The number of hydrogen-bond acceptors (Lipinski definition) is 1. The van der Waals surface area contributed by atoms with Crippen molar-refractivity contribution in [2.24, 2.45) is 0 Å². The van der Waals surface area contributed by atoms with Crippen molar-refractivity contribution in [1.82, 2.24) is 5.32 Å². The fourth-order valence-corrected chi connectivity index (χ4v) is 1.74. The Morgan fingerprint density at radius 1 is 1.50 bits per heavy atom. The minimum absolute atomic E-state index is 0.524. The first-order chi connectivity index (χ1) is 5.77. The lowest BCUT2D eigenvalue weighted by molar-refractivity contribution is 0.383. The number of hydrogen-bond donors (Lipinski definition) is 1. The smallest absolute Gasteiger partial charge is 0.0551 e. The number of benzene rings is 1. The van der Waals surface area contributed by atoms with E-state index in [2.05, 4.69) is 27.3 Å². The van der Waals surface area contributed by atoms with Crippen LogP contribution in [0.5, 0.6) is 0 Å². The molecule has 1 aliphatic rings. The predicted octanol–water partition coefficient (Wildman–Crippen LogP) is 3.14. The van der Waals surface area contributed by atoms with E-state index in [1.54, 1.807) is 0 Å². The quantitative estimate of drug-likeness (QED) is 0.803. The van der Waals surface area contributed by atoms with Crippen molar-refractivity contribution in [1.29, 1.82) is 0 Å². The van der Waals surface area contributed by atoms with E-state index >= 15 is 0 Å². The molecule has 0 amide bonds. The van der Waals surface area contributed by atoms with Crippen molar-refractivity contribution in [2.75, 3.05) is 6.54 Å². The molecule has 0 spiro atoms. The molecule has 0 saturated carbocycles. The van der Waals surface area contributed by atoms with Crippen LogP contribution in [0.1, 0.15) is 18.0 Å². The molecular weight excluding hydrogens is 237 g/mol. The minimum Gasteiger partial charge on any atom is -0.310 e. The van der Waals surface area contributed by atoms with Crippen LogP contribution in [0.3, 0.4) is 0 Å². The van der Waals surface area contributed by atoms with Crippen molar-refractivity contribution in [3.8, 4) is 0 Å². The Kier molecular flexibility index (Phi) is 2.40. The van der Waals surface area contributed by atoms with Gasteiger partial charge in [-0.15, -0.1) is 0 Å². The maximum absolute atomic E-state index is 5.96. The molecule has 1 atom stereocenters. The molecule has 0 aliphatic carbocycles. The van der Waals surface area contributed by atoms with Gasteiger partial charge in [-0.25, -0.2) is 0 Å². The first-order valence-corrected chi connectivity index (χ1v) is 5.13. The molecule has 64 valence electrons. The molecule has 1 aromatic rings. The topological polar surface area (TPSA) is 12.0 Å². The summed E-state index contributed by atoms with van der Waals surface area (Å²) in [6, 6.07) is 6.64. The molecule has 1 nitrogen and oxygen atoms in total. The second-order valence-corrected chi connectivity index (χ2v) is 4.23. The summed E-state index contributed by atoms with van der Waals surface area (Å²) >= 11 is 9.33. The summed E-state index contributed by atoms with van der Waals surface area (Å²) in [4.78, 5) is 0. The molecule has 0 bridgehead atoms. The maximum Gasteiger partial charge on any atom is 0.0551 e. The van der Waals surface area contributed by atoms with Gasteiger partial charge in [0.1, 0.15) is 0 Å². The summed E-state index contributed by atoms with van der Waals surface area (Å²) in [5, 5.41) is 4.13. The highest BCUT2D eigenvalue weighted by Crippen LogP contribution is 2.29. The lowest BCUT2D eigenvalue weighted by Crippen LogP contribution is -2.34. The SMILES string of the molecule is Clc1cc(C2CCN2)ccc1Br. The highest BCUT2D eigenvalue weighted by atomic mass is 79.9. The molecule has 2 rings (SSSR count). The van der Waals surface area contributed by atoms with Gasteiger partial charge in [0.25, 0.3) is 0 Å². The van der Waals surface area contributed by atoms with Gasteiger partial charge < -0.3 is 5.32 Å². The van der Waals surface area contributed by atoms with Crippen molar-refractivity contribution in [3.63, 3.8) is 0 Å². The molecule has 1 unspecified atom stereocenters. The standard InChI is InChI=1S/C9H9BrClN/c10-7-2-1-6(5-8(7)11)9-3-4-12-9/h1-2,5,9,12H,3-4H2. The summed E-state index contributed by atoms with van der Waals surface area (Å²) in [6.07, 6.45) is 1.22. The maximum atomic E-state index is 5.96. The van der Waals surface area contributed by atoms with E-state index in [1.165, 1.54) is 12.0 Å². The Labute approximate surface area is 85.2 Å². The van der Waals surface area contributed by atoms with Gasteiger partial charge in [-0.1, -0.05) is 17.7 Å². The highest BCUT2D eigenvalue weighted by molar-refractivity contribution is 9.10. The fraction of sp³-hybridized carbons (Fsp3) is 0.333. The summed E-state index contributed by atoms with van der Waals surface area (Å²) in [5.74, 6) is 0. The van der Waals surface area contributed by atoms with Crippen LogP contribution in [0.25, 0.3) is 0 Å². The molecule has 1 fully saturated rings. The lowest BCUT2D eigenvalue weighted by atomic mass is 9.98. The molecule has 12 heavy (non-hydrogen) atoms. The van der Waals surface area contributed by atoms with Gasteiger partial charge in [-0.3, -0.25) is 0 Å². The Balaban J connectivity index is 2.27. The first-order valence-electron chi connectivity index (χ1n) is 3.96. The van der Waals surface area contributed by atoms with Crippen molar-refractivity contribution in [2.45, 2.75) is 12.5 Å². The van der Waals surface area contributed by atoms with E-state index in [4.69, 9.17) is 11.6 Å². The molecule has 1 saturated heterocycles. The Hall–Kier alpha value is -0.0500. The molecule has 3 heteroatoms.